The summed E-state index contributed by atoms with van der Waals surface area (Å²) in [6.07, 6.45) is 10.9. The first-order valence-electron chi connectivity index (χ1n) is 8.49. The third kappa shape index (κ3) is 2.47. The van der Waals surface area contributed by atoms with Gasteiger partial charge < -0.3 is 5.11 Å². The molecule has 0 bridgehead atoms. The van der Waals surface area contributed by atoms with Crippen LogP contribution in [-0.4, -0.2) is 11.1 Å². The van der Waals surface area contributed by atoms with E-state index in [1.165, 1.54) is 5.57 Å². The standard InChI is InChI=1S/C20H30O2/c1-6-14(2)10-13-20(18(21)22)16(4)11-12-19(5)15(3)8-7-9-17(19)20/h6,8,10,16-17H,1,7,9,11-13H2,2-5H3,(H,21,22). The SMILES string of the molecule is C=CC(C)=CCC1(C(=O)O)C(C)CCC2(C)C(C)=CCCC21. The van der Waals surface area contributed by atoms with Gasteiger partial charge in [0.2, 0.25) is 0 Å². The molecule has 0 saturated heterocycles. The minimum absolute atomic E-state index is 0.0407. The molecule has 1 fully saturated rings. The molecule has 4 atom stereocenters. The Kier molecular flexibility index (Phi) is 4.70. The van der Waals surface area contributed by atoms with Crippen molar-refractivity contribution in [3.05, 3.63) is 36.0 Å². The van der Waals surface area contributed by atoms with Crippen LogP contribution in [0.15, 0.2) is 36.0 Å². The van der Waals surface area contributed by atoms with E-state index in [1.54, 1.807) is 0 Å². The lowest BCUT2D eigenvalue weighted by atomic mass is 9.46. The molecule has 2 aliphatic rings. The average molecular weight is 302 g/mol. The largest absolute Gasteiger partial charge is 0.481 e. The number of carboxylic acids is 1. The van der Waals surface area contributed by atoms with E-state index in [1.807, 2.05) is 13.0 Å². The van der Waals surface area contributed by atoms with E-state index in [-0.39, 0.29) is 17.3 Å². The van der Waals surface area contributed by atoms with Gasteiger partial charge in [-0.3, -0.25) is 4.79 Å². The molecule has 4 unspecified atom stereocenters. The molecule has 2 aliphatic carbocycles. The predicted octanol–water partition coefficient (Wildman–Crippen LogP) is 5.37. The van der Waals surface area contributed by atoms with Gasteiger partial charge in [-0.1, -0.05) is 49.8 Å². The minimum Gasteiger partial charge on any atom is -0.481 e. The van der Waals surface area contributed by atoms with Crippen LogP contribution >= 0.6 is 0 Å². The number of carboxylic acid groups (broad SMARTS) is 1. The number of rotatable bonds is 4. The molecule has 0 heterocycles. The monoisotopic (exact) mass is 302 g/mol. The van der Waals surface area contributed by atoms with E-state index >= 15 is 0 Å². The summed E-state index contributed by atoms with van der Waals surface area (Å²) in [5.41, 5.74) is 1.86. The molecule has 1 N–H and O–H groups in total. The number of fused-ring (bicyclic) bond motifs is 1. The number of hydrogen-bond donors (Lipinski definition) is 1. The van der Waals surface area contributed by atoms with Crippen molar-refractivity contribution in [3.63, 3.8) is 0 Å². The van der Waals surface area contributed by atoms with Crippen molar-refractivity contribution in [1.29, 1.82) is 0 Å². The molecule has 0 aromatic carbocycles. The van der Waals surface area contributed by atoms with Crippen LogP contribution in [-0.2, 0) is 4.79 Å². The van der Waals surface area contributed by atoms with Crippen LogP contribution in [0.5, 0.6) is 0 Å². The predicted molar refractivity (Wildman–Crippen MR) is 91.6 cm³/mol. The fourth-order valence-electron chi connectivity index (χ4n) is 4.81. The van der Waals surface area contributed by atoms with Gasteiger partial charge in [0.25, 0.3) is 0 Å². The van der Waals surface area contributed by atoms with Crippen molar-refractivity contribution >= 4 is 5.97 Å². The molecule has 0 spiro atoms. The molecule has 1 saturated carbocycles. The van der Waals surface area contributed by atoms with E-state index in [9.17, 15) is 9.90 Å². The lowest BCUT2D eigenvalue weighted by Crippen LogP contribution is -2.55. The van der Waals surface area contributed by atoms with Gasteiger partial charge in [-0.25, -0.2) is 0 Å². The normalized spacial score (nSPS) is 38.9. The van der Waals surface area contributed by atoms with Crippen LogP contribution in [0, 0.1) is 22.7 Å². The first kappa shape index (κ1) is 17.1. The summed E-state index contributed by atoms with van der Waals surface area (Å²) in [7, 11) is 0. The Labute approximate surface area is 135 Å². The highest BCUT2D eigenvalue weighted by atomic mass is 16.4. The molecule has 0 aliphatic heterocycles. The zero-order chi connectivity index (χ0) is 16.5. The first-order valence-corrected chi connectivity index (χ1v) is 8.49. The molecule has 0 aromatic heterocycles. The molecule has 0 radical (unpaired) electrons. The minimum atomic E-state index is -0.646. The fraction of sp³-hybridized carbons (Fsp3) is 0.650. The molecule has 22 heavy (non-hydrogen) atoms. The summed E-state index contributed by atoms with van der Waals surface area (Å²) in [4.78, 5) is 12.4. The lowest BCUT2D eigenvalue weighted by Gasteiger charge is -2.56. The molecule has 2 nitrogen and oxygen atoms in total. The number of carbonyl (C=O) groups is 1. The molecular weight excluding hydrogens is 272 g/mol. The van der Waals surface area contributed by atoms with Gasteiger partial charge in [0.1, 0.15) is 0 Å². The van der Waals surface area contributed by atoms with Crippen molar-refractivity contribution in [2.24, 2.45) is 22.7 Å². The zero-order valence-corrected chi connectivity index (χ0v) is 14.5. The van der Waals surface area contributed by atoms with Crippen LogP contribution in [0.1, 0.15) is 59.8 Å². The van der Waals surface area contributed by atoms with Crippen molar-refractivity contribution in [3.8, 4) is 0 Å². The smallest absolute Gasteiger partial charge is 0.310 e. The maximum atomic E-state index is 12.4. The summed E-state index contributed by atoms with van der Waals surface area (Å²) >= 11 is 0. The Morgan fingerprint density at radius 1 is 1.50 bits per heavy atom. The first-order chi connectivity index (χ1) is 10.3. The van der Waals surface area contributed by atoms with Gasteiger partial charge in [0.15, 0.2) is 0 Å². The van der Waals surface area contributed by atoms with Gasteiger partial charge in [-0.15, -0.1) is 0 Å². The van der Waals surface area contributed by atoms with Gasteiger partial charge in [0.05, 0.1) is 5.41 Å². The molecule has 122 valence electrons. The van der Waals surface area contributed by atoms with Crippen molar-refractivity contribution in [1.82, 2.24) is 0 Å². The third-order valence-electron chi connectivity index (χ3n) is 6.66. The maximum Gasteiger partial charge on any atom is 0.310 e. The van der Waals surface area contributed by atoms with E-state index < -0.39 is 11.4 Å². The highest BCUT2D eigenvalue weighted by Gasteiger charge is 2.59. The molecule has 0 amide bonds. The topological polar surface area (TPSA) is 37.3 Å². The average Bonchev–Trinajstić information content (AvgIpc) is 2.48. The van der Waals surface area contributed by atoms with Gasteiger partial charge in [-0.2, -0.15) is 0 Å². The lowest BCUT2D eigenvalue weighted by molar-refractivity contribution is -0.167. The quantitative estimate of drug-likeness (QED) is 0.559. The van der Waals surface area contributed by atoms with Gasteiger partial charge in [0, 0.05) is 0 Å². The third-order valence-corrected chi connectivity index (χ3v) is 6.66. The van der Waals surface area contributed by atoms with E-state index in [2.05, 4.69) is 39.5 Å². The number of aliphatic carboxylic acids is 1. The summed E-state index contributed by atoms with van der Waals surface area (Å²) in [6, 6.07) is 0. The Hall–Kier alpha value is -1.31. The van der Waals surface area contributed by atoms with Crippen molar-refractivity contribution < 1.29 is 9.90 Å². The summed E-state index contributed by atoms with van der Waals surface area (Å²) in [5.74, 6) is -0.179. The second-order valence-electron chi connectivity index (χ2n) is 7.58. The summed E-state index contributed by atoms with van der Waals surface area (Å²) < 4.78 is 0. The number of allylic oxidation sites excluding steroid dienone is 5. The number of hydrogen-bond acceptors (Lipinski definition) is 1. The maximum absolute atomic E-state index is 12.4. The Morgan fingerprint density at radius 2 is 2.18 bits per heavy atom. The van der Waals surface area contributed by atoms with Crippen LogP contribution < -0.4 is 0 Å². The van der Waals surface area contributed by atoms with Crippen LogP contribution in [0.3, 0.4) is 0 Å². The Morgan fingerprint density at radius 3 is 2.77 bits per heavy atom. The van der Waals surface area contributed by atoms with Gasteiger partial charge >= 0.3 is 5.97 Å². The second-order valence-corrected chi connectivity index (χ2v) is 7.58. The summed E-state index contributed by atoms with van der Waals surface area (Å²) in [5, 5.41) is 10.2. The van der Waals surface area contributed by atoms with Crippen LogP contribution in [0.2, 0.25) is 0 Å². The van der Waals surface area contributed by atoms with Crippen molar-refractivity contribution in [2.75, 3.05) is 0 Å². The van der Waals surface area contributed by atoms with Crippen molar-refractivity contribution in [2.45, 2.75) is 59.8 Å². The van der Waals surface area contributed by atoms with E-state index in [0.717, 1.165) is 31.3 Å². The van der Waals surface area contributed by atoms with Crippen LogP contribution in [0.4, 0.5) is 0 Å². The highest BCUT2D eigenvalue weighted by molar-refractivity contribution is 5.76. The Balaban J connectivity index is 2.51. The molecule has 2 heteroatoms. The second kappa shape index (κ2) is 6.06. The highest BCUT2D eigenvalue weighted by Crippen LogP contribution is 2.61. The molecular formula is C20H30O2. The summed E-state index contributed by atoms with van der Waals surface area (Å²) in [6.45, 7) is 12.4. The van der Waals surface area contributed by atoms with Crippen LogP contribution in [0.25, 0.3) is 0 Å². The van der Waals surface area contributed by atoms with Gasteiger partial charge in [-0.05, 0) is 63.2 Å². The zero-order valence-electron chi connectivity index (χ0n) is 14.5. The Bertz CT molecular complexity index is 528. The van der Waals surface area contributed by atoms with E-state index in [4.69, 9.17) is 0 Å². The molecule has 2 rings (SSSR count). The molecule has 0 aromatic rings. The fourth-order valence-corrected chi connectivity index (χ4v) is 4.81. The van der Waals surface area contributed by atoms with E-state index in [0.29, 0.717) is 6.42 Å².